The van der Waals surface area contributed by atoms with Gasteiger partial charge in [0.25, 0.3) is 22.2 Å². The van der Waals surface area contributed by atoms with Crippen molar-refractivity contribution in [3.05, 3.63) is 229 Å². The summed E-state index contributed by atoms with van der Waals surface area (Å²) in [6.45, 7) is 0. The van der Waals surface area contributed by atoms with Gasteiger partial charge in [0.1, 0.15) is 22.6 Å². The molecule has 0 saturated heterocycles. The summed E-state index contributed by atoms with van der Waals surface area (Å²) in [5, 5.41) is 21.9. The second kappa shape index (κ2) is 16.2. The Labute approximate surface area is 522 Å². The van der Waals surface area contributed by atoms with E-state index in [-0.39, 0.29) is 22.2 Å². The van der Waals surface area contributed by atoms with E-state index in [4.69, 9.17) is 19.9 Å². The van der Waals surface area contributed by atoms with Crippen LogP contribution in [0.2, 0.25) is 0 Å². The van der Waals surface area contributed by atoms with E-state index < -0.39 is 0 Å². The van der Waals surface area contributed by atoms with Gasteiger partial charge in [-0.15, -0.1) is 0 Å². The molecule has 0 unspecified atom stereocenters. The van der Waals surface area contributed by atoms with Gasteiger partial charge in [-0.25, -0.2) is 19.9 Å². The SMILES string of the molecule is O=c1c2ccc3c4c(Br)cc5c(=O)n6c7ccccc7nc6c6cc(Br)c(c7ccc(c2c37)c2nc3ccccc3n12)c4c56.O=c1c2ccc3c4c(Br)cc5c6c(cc(Br)c(c7ccc(c2c73)c2nc3ccccc3n12)c46)c(=O)n1c2ccccc2nc51. The number of imidazole rings is 4. The maximum atomic E-state index is 14.2. The Morgan fingerprint density at radius 1 is 0.227 bits per heavy atom. The van der Waals surface area contributed by atoms with Gasteiger partial charge in [-0.2, -0.15) is 0 Å². The maximum absolute atomic E-state index is 14.2. The summed E-state index contributed by atoms with van der Waals surface area (Å²) in [5.74, 6) is 0. The van der Waals surface area contributed by atoms with Crippen LogP contribution in [-0.4, -0.2) is 37.5 Å². The second-order valence-electron chi connectivity index (χ2n) is 23.0. The molecule has 0 spiro atoms. The van der Waals surface area contributed by atoms with E-state index in [0.717, 1.165) is 170 Å². The predicted molar refractivity (Wildman–Crippen MR) is 371 cm³/mol. The molecule has 0 N–H and O–H groups in total. The molecular weight excluding hydrogens is 1360 g/mol. The Hall–Kier alpha value is -9.84. The number of hydrogen-bond acceptors (Lipinski definition) is 8. The average molecular weight is 1390 g/mol. The normalized spacial score (nSPS) is 13.0. The summed E-state index contributed by atoms with van der Waals surface area (Å²) in [6.07, 6.45) is 0. The van der Waals surface area contributed by atoms with E-state index >= 15 is 0 Å². The molecule has 0 bridgehead atoms. The molecule has 8 heterocycles. The van der Waals surface area contributed by atoms with Gasteiger partial charge < -0.3 is 0 Å². The third kappa shape index (κ3) is 5.56. The second-order valence-corrected chi connectivity index (χ2v) is 26.4. The van der Waals surface area contributed by atoms with Crippen molar-refractivity contribution < 1.29 is 0 Å². The zero-order valence-electron chi connectivity index (χ0n) is 44.9. The molecule has 0 radical (unpaired) electrons. The van der Waals surface area contributed by atoms with Crippen LogP contribution in [0.15, 0.2) is 207 Å². The van der Waals surface area contributed by atoms with E-state index in [1.807, 2.05) is 121 Å². The Morgan fingerprint density at radius 2 is 0.455 bits per heavy atom. The molecule has 22 aromatic rings. The van der Waals surface area contributed by atoms with E-state index in [2.05, 4.69) is 112 Å². The average Bonchev–Trinajstić information content (AvgIpc) is 0.956. The molecule has 0 aliphatic heterocycles. The van der Waals surface area contributed by atoms with Gasteiger partial charge in [0, 0.05) is 104 Å². The molecule has 0 fully saturated rings. The fourth-order valence-electron chi connectivity index (χ4n) is 15.6. The van der Waals surface area contributed by atoms with E-state index in [9.17, 15) is 19.2 Å². The van der Waals surface area contributed by atoms with Gasteiger partial charge >= 0.3 is 0 Å². The molecule has 88 heavy (non-hydrogen) atoms. The van der Waals surface area contributed by atoms with Crippen molar-refractivity contribution >= 4 is 260 Å². The van der Waals surface area contributed by atoms with E-state index in [0.29, 0.717) is 44.1 Å². The molecule has 0 aliphatic carbocycles. The summed E-state index contributed by atoms with van der Waals surface area (Å²) in [7, 11) is 0. The zero-order chi connectivity index (χ0) is 58.3. The van der Waals surface area contributed by atoms with Crippen molar-refractivity contribution in [2.24, 2.45) is 0 Å². The van der Waals surface area contributed by atoms with Crippen molar-refractivity contribution in [2.45, 2.75) is 0 Å². The molecule has 14 aromatic carbocycles. The third-order valence-corrected chi connectivity index (χ3v) is 21.5. The summed E-state index contributed by atoms with van der Waals surface area (Å²) >= 11 is 15.7. The van der Waals surface area contributed by atoms with Crippen LogP contribution in [0.1, 0.15) is 0 Å². The lowest BCUT2D eigenvalue weighted by Gasteiger charge is -2.20. The number of benzene rings is 14. The minimum Gasteiger partial charge on any atom is -0.268 e. The lowest BCUT2D eigenvalue weighted by atomic mass is 9.86. The molecular formula is C72H28Br4N8O4. The minimum atomic E-state index is -0.0951. The molecule has 408 valence electrons. The van der Waals surface area contributed by atoms with Gasteiger partial charge in [-0.05, 0) is 129 Å². The molecule has 16 heteroatoms. The Bertz CT molecular complexity index is 6870. The van der Waals surface area contributed by atoms with Gasteiger partial charge in [-0.1, -0.05) is 137 Å². The molecule has 0 aliphatic rings. The maximum Gasteiger partial charge on any atom is 0.264 e. The summed E-state index contributed by atoms with van der Waals surface area (Å²) in [4.78, 5) is 76.2. The van der Waals surface area contributed by atoms with Crippen LogP contribution in [0.3, 0.4) is 0 Å². The topological polar surface area (TPSA) is 137 Å². The van der Waals surface area contributed by atoms with Crippen molar-refractivity contribution in [3.8, 4) is 0 Å². The Kier molecular flexibility index (Phi) is 8.90. The standard InChI is InChI=1S/2C36H14Br2N4O2/c37-21-13-19-29-20(36(44)42-26-8-4-2-6-24(26)40-34(19)42)14-22(38)31-15-9-11-17-28-18(12-10-16(27(15)28)30(21)32(29)31)35(43)41-25-7-3-1-5-23(25)39-33(17)41;37-21-13-19-29-20(36(44)42-26-8-4-2-6-24(26)40-34(19)42)14-22(38)31-16-10-12-18-28-17(11-9-15(27(16)28)30(21)32(29)31)33-39-23-5-1-3-7-25(23)41(33)35(18)43/h2*1-14H. The fourth-order valence-corrected chi connectivity index (χ4v) is 18.1. The van der Waals surface area contributed by atoms with Crippen molar-refractivity contribution in [1.82, 2.24) is 37.5 Å². The van der Waals surface area contributed by atoms with E-state index in [1.54, 1.807) is 17.6 Å². The van der Waals surface area contributed by atoms with Crippen molar-refractivity contribution in [1.29, 1.82) is 0 Å². The number of halogens is 4. The van der Waals surface area contributed by atoms with Gasteiger partial charge in [0.2, 0.25) is 0 Å². The summed E-state index contributed by atoms with van der Waals surface area (Å²) in [6, 6.07) is 55.5. The number of nitrogens with zero attached hydrogens (tertiary/aromatic N) is 8. The highest BCUT2D eigenvalue weighted by Gasteiger charge is 2.29. The van der Waals surface area contributed by atoms with Crippen LogP contribution < -0.4 is 22.2 Å². The smallest absolute Gasteiger partial charge is 0.264 e. The van der Waals surface area contributed by atoms with Crippen LogP contribution in [0, 0.1) is 0 Å². The molecule has 8 aromatic heterocycles. The van der Waals surface area contributed by atoms with Crippen molar-refractivity contribution in [2.75, 3.05) is 0 Å². The lowest BCUT2D eigenvalue weighted by molar-refractivity contribution is 1.19. The summed E-state index contributed by atoms with van der Waals surface area (Å²) in [5.41, 5.74) is 8.58. The minimum absolute atomic E-state index is 0.0800. The quantitative estimate of drug-likeness (QED) is 0.108. The van der Waals surface area contributed by atoms with Crippen molar-refractivity contribution in [3.63, 3.8) is 0 Å². The third-order valence-electron chi connectivity index (χ3n) is 19.0. The molecule has 0 amide bonds. The first-order valence-corrected chi connectivity index (χ1v) is 31.5. The Balaban J connectivity index is 0.000000120. The molecule has 0 saturated carbocycles. The first kappa shape index (κ1) is 48.3. The first-order chi connectivity index (χ1) is 43.0. The highest BCUT2D eigenvalue weighted by atomic mass is 79.9. The Morgan fingerprint density at radius 3 is 0.773 bits per heavy atom. The van der Waals surface area contributed by atoms with Gasteiger partial charge in [0.05, 0.1) is 54.9 Å². The molecule has 22 rings (SSSR count). The zero-order valence-corrected chi connectivity index (χ0v) is 51.2. The number of fused-ring (bicyclic) bond motifs is 20. The number of pyridine rings is 4. The van der Waals surface area contributed by atoms with Crippen LogP contribution in [0.5, 0.6) is 0 Å². The highest BCUT2D eigenvalue weighted by Crippen LogP contribution is 2.53. The van der Waals surface area contributed by atoms with Gasteiger partial charge in [-0.3, -0.25) is 36.8 Å². The van der Waals surface area contributed by atoms with Gasteiger partial charge in [0.15, 0.2) is 0 Å². The molecule has 12 nitrogen and oxygen atoms in total. The number of hydrogen-bond donors (Lipinski definition) is 0. The van der Waals surface area contributed by atoms with Crippen LogP contribution in [0.25, 0.3) is 196 Å². The first-order valence-electron chi connectivity index (χ1n) is 28.3. The number of para-hydroxylation sites is 8. The van der Waals surface area contributed by atoms with Crippen LogP contribution in [0.4, 0.5) is 0 Å². The molecule has 0 atom stereocenters. The number of aromatic nitrogens is 8. The highest BCUT2D eigenvalue weighted by molar-refractivity contribution is 9.11. The van der Waals surface area contributed by atoms with E-state index in [1.165, 1.54) is 0 Å². The predicted octanol–water partition coefficient (Wildman–Crippen LogP) is 17.5. The lowest BCUT2D eigenvalue weighted by Crippen LogP contribution is -2.14. The van der Waals surface area contributed by atoms with Crippen LogP contribution in [-0.2, 0) is 0 Å². The fraction of sp³-hybridized carbons (Fsp3) is 0. The van der Waals surface area contributed by atoms with Crippen LogP contribution >= 0.6 is 63.7 Å². The monoisotopic (exact) mass is 1380 g/mol. The summed E-state index contributed by atoms with van der Waals surface area (Å²) < 4.78 is 10.4. The number of rotatable bonds is 0. The largest absolute Gasteiger partial charge is 0.268 e.